The fourth-order valence-corrected chi connectivity index (χ4v) is 8.12. The minimum Gasteiger partial charge on any atom is -0.344 e. The van der Waals surface area contributed by atoms with Crippen LogP contribution in [0.3, 0.4) is 0 Å². The first kappa shape index (κ1) is 45.7. The highest BCUT2D eigenvalue weighted by Crippen LogP contribution is 2.48. The molecular weight excluding hydrogens is 785 g/mol. The van der Waals surface area contributed by atoms with Gasteiger partial charge in [-0.2, -0.15) is 13.0 Å². The maximum atomic E-state index is 12.2. The van der Waals surface area contributed by atoms with Crippen LogP contribution in [0, 0.1) is 0 Å². The van der Waals surface area contributed by atoms with Crippen molar-refractivity contribution in [3.05, 3.63) is 101 Å². The Morgan fingerprint density at radius 1 is 0.931 bits per heavy atom. The number of amides is 2. The number of allylic oxidation sites excluding steroid dienone is 8. The second-order valence-electron chi connectivity index (χ2n) is 15.3. The van der Waals surface area contributed by atoms with Crippen molar-refractivity contribution in [3.8, 4) is 0 Å². The van der Waals surface area contributed by atoms with Gasteiger partial charge in [0.15, 0.2) is 5.71 Å². The monoisotopic (exact) mass is 837 g/mol. The van der Waals surface area contributed by atoms with E-state index in [4.69, 9.17) is 17.5 Å². The molecule has 0 saturated carbocycles. The number of carbonyl (C=O) groups excluding carboxylic acids is 3. The molecule has 2 aromatic rings. The summed E-state index contributed by atoms with van der Waals surface area (Å²) in [5.74, 6) is -1.52. The molecule has 0 spiro atoms. The zero-order valence-electron chi connectivity index (χ0n) is 34.1. The Balaban J connectivity index is 0.00000178. The molecule has 58 heavy (non-hydrogen) atoms. The molecule has 3 aliphatic heterocycles. The van der Waals surface area contributed by atoms with E-state index in [0.717, 1.165) is 36.5 Å². The van der Waals surface area contributed by atoms with Crippen LogP contribution in [0.2, 0.25) is 0 Å². The van der Waals surface area contributed by atoms with Crippen molar-refractivity contribution >= 4 is 55.6 Å². The molecule has 0 radical (unpaired) electrons. The number of anilines is 1. The lowest BCUT2D eigenvalue weighted by atomic mass is 9.81. The number of nitrogens with zero attached hydrogens (tertiary/aromatic N) is 4. The van der Waals surface area contributed by atoms with Crippen LogP contribution in [0.15, 0.2) is 89.5 Å². The van der Waals surface area contributed by atoms with Crippen LogP contribution in [0.1, 0.15) is 90.3 Å². The van der Waals surface area contributed by atoms with E-state index in [1.165, 1.54) is 28.6 Å². The van der Waals surface area contributed by atoms with Crippen LogP contribution >= 0.6 is 0 Å². The second kappa shape index (κ2) is 19.1. The van der Waals surface area contributed by atoms with Gasteiger partial charge in [0.2, 0.25) is 5.69 Å². The van der Waals surface area contributed by atoms with Gasteiger partial charge in [0, 0.05) is 73.3 Å². The molecule has 0 aromatic heterocycles. The number of fused-ring (bicyclic) bond motifs is 2. The average Bonchev–Trinajstić information content (AvgIpc) is 3.65. The van der Waals surface area contributed by atoms with Gasteiger partial charge in [-0.3, -0.25) is 14.1 Å². The third kappa shape index (κ3) is 10.7. The predicted octanol–water partition coefficient (Wildman–Crippen LogP) is 5.90. The third-order valence-electron chi connectivity index (χ3n) is 10.4. The molecule has 3 aliphatic rings. The Kier molecular flexibility index (Phi) is 15.1. The lowest BCUT2D eigenvalue weighted by molar-refractivity contribution is -0.437. The van der Waals surface area contributed by atoms with Crippen LogP contribution in [0.5, 0.6) is 0 Å². The molecule has 0 aliphatic carbocycles. The zero-order valence-corrected chi connectivity index (χ0v) is 35.7. The van der Waals surface area contributed by atoms with Gasteiger partial charge >= 0.3 is 16.6 Å². The van der Waals surface area contributed by atoms with Gasteiger partial charge in [0.05, 0.1) is 10.3 Å². The maximum Gasteiger partial charge on any atom is 0.425 e. The number of hydrogen-bond donors (Lipinski definition) is 1. The van der Waals surface area contributed by atoms with Crippen molar-refractivity contribution in [2.45, 2.75) is 95.9 Å². The molecule has 3 heterocycles. The number of imide groups is 1. The van der Waals surface area contributed by atoms with Gasteiger partial charge in [-0.15, -0.1) is 17.7 Å². The van der Waals surface area contributed by atoms with Crippen molar-refractivity contribution in [1.82, 2.24) is 9.96 Å². The van der Waals surface area contributed by atoms with E-state index in [1.54, 1.807) is 12.1 Å². The predicted molar refractivity (Wildman–Crippen MR) is 220 cm³/mol. The summed E-state index contributed by atoms with van der Waals surface area (Å²) in [6, 6.07) is 11.4. The van der Waals surface area contributed by atoms with Gasteiger partial charge < -0.3 is 14.6 Å². The standard InChI is InChI=1S/C42H52N4O7S.O3S/c1-8-25-45-35-22-20-31(54(50,51)52)28-33(35)42(5,6)37(45)17-14-12-10-11-13-16-36-41(3,4)32-27-30(19-21-34(32)44(36)9-2)29-43(7)26-15-18-40(49)53-46-38(47)23-24-39(46)48;1-4(2)3/h10-14,16-17,19-22,27-28H,8-9,15,18,23-26,29H2,1-7H3;/p+1. The summed E-state index contributed by atoms with van der Waals surface area (Å²) >= 11 is 0. The number of benzene rings is 2. The van der Waals surface area contributed by atoms with Crippen LogP contribution in [0.4, 0.5) is 11.4 Å². The number of hydroxylamine groups is 2. The summed E-state index contributed by atoms with van der Waals surface area (Å²) in [7, 11) is -5.41. The molecular formula is C42H53N4O10S2+. The third-order valence-corrected chi connectivity index (χ3v) is 11.3. The van der Waals surface area contributed by atoms with E-state index in [1.807, 2.05) is 31.4 Å². The van der Waals surface area contributed by atoms with Crippen molar-refractivity contribution in [2.75, 3.05) is 31.6 Å². The number of likely N-dealkylation sites (N-methyl/N-ethyl adjacent to an activating group) is 1. The molecule has 1 fully saturated rings. The highest BCUT2D eigenvalue weighted by atomic mass is 32.2. The molecule has 0 atom stereocenters. The normalized spacial score (nSPS) is 17.9. The number of rotatable bonds is 15. The molecule has 2 amide bonds. The Hall–Kier alpha value is -5.03. The van der Waals surface area contributed by atoms with Gasteiger partial charge in [-0.1, -0.05) is 63.3 Å². The summed E-state index contributed by atoms with van der Waals surface area (Å²) in [5, 5.41) is 0.596. The van der Waals surface area contributed by atoms with Crippen LogP contribution in [-0.2, 0) is 57.3 Å². The molecule has 2 aromatic carbocycles. The highest BCUT2D eigenvalue weighted by molar-refractivity contribution is 7.85. The fraction of sp³-hybridized carbons (Fsp3) is 0.429. The number of carbonyl (C=O) groups is 3. The fourth-order valence-electron chi connectivity index (χ4n) is 7.62. The Bertz CT molecular complexity index is 2290. The van der Waals surface area contributed by atoms with E-state index in [-0.39, 0.29) is 29.6 Å². The minimum absolute atomic E-state index is 0.0791. The molecule has 0 bridgehead atoms. The van der Waals surface area contributed by atoms with E-state index in [2.05, 4.69) is 92.3 Å². The first-order valence-electron chi connectivity index (χ1n) is 19.2. The lowest BCUT2D eigenvalue weighted by Crippen LogP contribution is -2.32. The lowest BCUT2D eigenvalue weighted by Gasteiger charge is -2.25. The topological polar surface area (TPSA) is 179 Å². The van der Waals surface area contributed by atoms with E-state index < -0.39 is 43.9 Å². The Labute approximate surface area is 342 Å². The first-order valence-corrected chi connectivity index (χ1v) is 21.6. The first-order chi connectivity index (χ1) is 27.2. The van der Waals surface area contributed by atoms with Crippen molar-refractivity contribution < 1.29 is 49.4 Å². The van der Waals surface area contributed by atoms with Crippen LogP contribution in [-0.4, -0.2) is 90.3 Å². The smallest absolute Gasteiger partial charge is 0.344 e. The summed E-state index contributed by atoms with van der Waals surface area (Å²) < 4.78 is 60.9. The summed E-state index contributed by atoms with van der Waals surface area (Å²) in [4.78, 5) is 45.0. The quantitative estimate of drug-likeness (QED) is 0.0973. The molecule has 16 heteroatoms. The van der Waals surface area contributed by atoms with Crippen molar-refractivity contribution in [2.24, 2.45) is 0 Å². The van der Waals surface area contributed by atoms with Crippen molar-refractivity contribution in [3.63, 3.8) is 0 Å². The Morgan fingerprint density at radius 3 is 2.19 bits per heavy atom. The molecule has 0 unspecified atom stereocenters. The van der Waals surface area contributed by atoms with Crippen LogP contribution < -0.4 is 4.90 Å². The Morgan fingerprint density at radius 2 is 1.57 bits per heavy atom. The molecule has 14 nitrogen and oxygen atoms in total. The van der Waals surface area contributed by atoms with E-state index in [0.29, 0.717) is 24.6 Å². The van der Waals surface area contributed by atoms with Crippen molar-refractivity contribution in [1.29, 1.82) is 0 Å². The summed E-state index contributed by atoms with van der Waals surface area (Å²) in [5.41, 5.74) is 7.05. The molecule has 5 rings (SSSR count). The van der Waals surface area contributed by atoms with Gasteiger partial charge in [-0.25, -0.2) is 4.79 Å². The maximum absolute atomic E-state index is 12.2. The highest BCUT2D eigenvalue weighted by Gasteiger charge is 2.45. The van der Waals surface area contributed by atoms with E-state index in [9.17, 15) is 27.4 Å². The second-order valence-corrected chi connectivity index (χ2v) is 17.1. The zero-order chi connectivity index (χ0) is 43.0. The molecule has 312 valence electrons. The number of hydrogen-bond acceptors (Lipinski definition) is 11. The van der Waals surface area contributed by atoms with Gasteiger partial charge in [-0.05, 0) is 76.2 Å². The average molecular weight is 838 g/mol. The molecule has 1 saturated heterocycles. The van der Waals surface area contributed by atoms with E-state index >= 15 is 0 Å². The van der Waals surface area contributed by atoms with Gasteiger partial charge in [0.25, 0.3) is 21.9 Å². The largest absolute Gasteiger partial charge is 0.425 e. The molecule has 1 N–H and O–H groups in total. The summed E-state index contributed by atoms with van der Waals surface area (Å²) in [6.07, 6.45) is 16.0. The van der Waals surface area contributed by atoms with Gasteiger partial charge in [0.1, 0.15) is 6.54 Å². The minimum atomic E-state index is -4.30. The summed E-state index contributed by atoms with van der Waals surface area (Å²) in [6.45, 7) is 15.9. The van der Waals surface area contributed by atoms with Crippen LogP contribution in [0.25, 0.3) is 0 Å². The SMILES string of the molecule is CCC[N+]1=C(C=CC=CC=CC=C2N(CC)c3ccc(CN(C)CCCC(=O)ON4C(=O)CCC4=O)cc3C2(C)C)C(C)(C)c2cc(S(=O)(=O)O)ccc21.O=S(=O)=O.